The quantitative estimate of drug-likeness (QED) is 0.542. The molecule has 2 aromatic rings. The number of aromatic nitrogens is 1. The summed E-state index contributed by atoms with van der Waals surface area (Å²) >= 11 is 1.61. The van der Waals surface area contributed by atoms with E-state index in [1.54, 1.807) is 36.6 Å². The molecule has 148 valence electrons. The van der Waals surface area contributed by atoms with E-state index in [2.05, 4.69) is 39.8 Å². The van der Waals surface area contributed by atoms with Gasteiger partial charge in [-0.05, 0) is 17.5 Å². The Morgan fingerprint density at radius 3 is 2.48 bits per heavy atom. The topological polar surface area (TPSA) is 86.7 Å². The van der Waals surface area contributed by atoms with E-state index in [1.807, 2.05) is 6.07 Å². The summed E-state index contributed by atoms with van der Waals surface area (Å²) in [5.74, 6) is 0.996. The molecule has 0 amide bonds. The van der Waals surface area contributed by atoms with Gasteiger partial charge < -0.3 is 10.6 Å². The number of thiazole rings is 1. The van der Waals surface area contributed by atoms with E-state index in [4.69, 9.17) is 0 Å². The van der Waals surface area contributed by atoms with Crippen molar-refractivity contribution in [3.8, 4) is 0 Å². The summed E-state index contributed by atoms with van der Waals surface area (Å²) in [6.45, 7) is 5.14. The number of nitrogens with one attached hydrogen (secondary N) is 2. The molecule has 0 spiro atoms. The van der Waals surface area contributed by atoms with Gasteiger partial charge in [-0.15, -0.1) is 11.3 Å². The van der Waals surface area contributed by atoms with E-state index in [0.29, 0.717) is 35.4 Å². The second-order valence-corrected chi connectivity index (χ2v) is 9.56. The van der Waals surface area contributed by atoms with Crippen molar-refractivity contribution in [1.82, 2.24) is 19.9 Å². The fourth-order valence-electron chi connectivity index (χ4n) is 2.33. The van der Waals surface area contributed by atoms with Crippen molar-refractivity contribution in [1.29, 1.82) is 0 Å². The maximum atomic E-state index is 12.5. The first-order valence-electron chi connectivity index (χ1n) is 8.65. The van der Waals surface area contributed by atoms with Gasteiger partial charge in [0.15, 0.2) is 5.96 Å². The molecule has 0 atom stereocenters. The first-order valence-corrected chi connectivity index (χ1v) is 11.0. The molecule has 0 unspecified atom stereocenters. The summed E-state index contributed by atoms with van der Waals surface area (Å²) in [7, 11) is 1.24. The standard InChI is InChI=1S/C18H27N5O2S2/c1-13(2)15-12-26-17(22-15)11-21-18(19-3)20-10-14-8-6-7-9-16(14)27(24,25)23(4)5/h6-9,12-13H,10-11H2,1-5H3,(H2,19,20,21). The van der Waals surface area contributed by atoms with Gasteiger partial charge in [0.05, 0.1) is 17.1 Å². The lowest BCUT2D eigenvalue weighted by atomic mass is 10.2. The Morgan fingerprint density at radius 1 is 1.22 bits per heavy atom. The van der Waals surface area contributed by atoms with Gasteiger partial charge in [0, 0.05) is 33.1 Å². The number of nitrogens with zero attached hydrogens (tertiary/aromatic N) is 3. The number of guanidine groups is 1. The van der Waals surface area contributed by atoms with Crippen LogP contribution in [0.3, 0.4) is 0 Å². The molecule has 9 heteroatoms. The predicted octanol–water partition coefficient (Wildman–Crippen LogP) is 2.38. The Morgan fingerprint density at radius 2 is 1.89 bits per heavy atom. The SMILES string of the molecule is CN=C(NCc1nc(C(C)C)cs1)NCc1ccccc1S(=O)(=O)N(C)C. The minimum Gasteiger partial charge on any atom is -0.352 e. The molecule has 1 aromatic carbocycles. The van der Waals surface area contributed by atoms with Crippen molar-refractivity contribution in [2.45, 2.75) is 37.8 Å². The van der Waals surface area contributed by atoms with Gasteiger partial charge in [-0.2, -0.15) is 0 Å². The first kappa shape index (κ1) is 21.3. The molecule has 1 heterocycles. The Balaban J connectivity index is 2.02. The first-order chi connectivity index (χ1) is 12.8. The van der Waals surface area contributed by atoms with E-state index in [-0.39, 0.29) is 0 Å². The second kappa shape index (κ2) is 9.29. The lowest BCUT2D eigenvalue weighted by Gasteiger charge is -2.16. The number of benzene rings is 1. The van der Waals surface area contributed by atoms with Crippen molar-refractivity contribution in [2.24, 2.45) is 4.99 Å². The largest absolute Gasteiger partial charge is 0.352 e. The van der Waals surface area contributed by atoms with Crippen molar-refractivity contribution in [2.75, 3.05) is 21.1 Å². The summed E-state index contributed by atoms with van der Waals surface area (Å²) in [6, 6.07) is 6.96. The van der Waals surface area contributed by atoms with Crippen LogP contribution in [0, 0.1) is 0 Å². The smallest absolute Gasteiger partial charge is 0.242 e. The molecule has 1 aromatic heterocycles. The molecular formula is C18H27N5O2S2. The van der Waals surface area contributed by atoms with Gasteiger partial charge in [0.1, 0.15) is 5.01 Å². The zero-order valence-corrected chi connectivity index (χ0v) is 18.0. The Hall–Kier alpha value is -1.97. The molecule has 0 aliphatic carbocycles. The lowest BCUT2D eigenvalue weighted by Crippen LogP contribution is -2.36. The van der Waals surface area contributed by atoms with Gasteiger partial charge in [0.2, 0.25) is 10.0 Å². The zero-order valence-electron chi connectivity index (χ0n) is 16.4. The van der Waals surface area contributed by atoms with E-state index >= 15 is 0 Å². The molecule has 0 aliphatic heterocycles. The van der Waals surface area contributed by atoms with Crippen LogP contribution in [0.15, 0.2) is 39.5 Å². The van der Waals surface area contributed by atoms with Gasteiger partial charge in [-0.1, -0.05) is 32.0 Å². The van der Waals surface area contributed by atoms with Crippen LogP contribution in [-0.4, -0.2) is 44.8 Å². The number of sulfonamides is 1. The highest BCUT2D eigenvalue weighted by Crippen LogP contribution is 2.19. The van der Waals surface area contributed by atoms with Crippen molar-refractivity contribution < 1.29 is 8.42 Å². The third-order valence-corrected chi connectivity index (χ3v) is 6.75. The van der Waals surface area contributed by atoms with Crippen LogP contribution in [0.4, 0.5) is 0 Å². The monoisotopic (exact) mass is 409 g/mol. The zero-order chi connectivity index (χ0) is 20.0. The maximum absolute atomic E-state index is 12.5. The highest BCUT2D eigenvalue weighted by Gasteiger charge is 2.20. The highest BCUT2D eigenvalue weighted by molar-refractivity contribution is 7.89. The van der Waals surface area contributed by atoms with Gasteiger partial charge in [-0.3, -0.25) is 4.99 Å². The second-order valence-electron chi connectivity index (χ2n) is 6.50. The van der Waals surface area contributed by atoms with Gasteiger partial charge in [0.25, 0.3) is 0 Å². The van der Waals surface area contributed by atoms with Crippen LogP contribution in [0.2, 0.25) is 0 Å². The van der Waals surface area contributed by atoms with Crippen LogP contribution in [0.5, 0.6) is 0 Å². The molecule has 2 rings (SSSR count). The van der Waals surface area contributed by atoms with Crippen LogP contribution in [0.1, 0.15) is 36.0 Å². The van der Waals surface area contributed by atoms with Crippen LogP contribution < -0.4 is 10.6 Å². The Labute approximate surface area is 165 Å². The van der Waals surface area contributed by atoms with Crippen LogP contribution in [0.25, 0.3) is 0 Å². The van der Waals surface area contributed by atoms with Crippen LogP contribution in [-0.2, 0) is 23.1 Å². The summed E-state index contributed by atoms with van der Waals surface area (Å²) in [5, 5.41) is 9.44. The average Bonchev–Trinajstić information content (AvgIpc) is 3.11. The number of rotatable bonds is 7. The molecular weight excluding hydrogens is 382 g/mol. The summed E-state index contributed by atoms with van der Waals surface area (Å²) in [5.41, 5.74) is 1.77. The van der Waals surface area contributed by atoms with Crippen molar-refractivity contribution in [3.63, 3.8) is 0 Å². The number of aliphatic imine (C=N–C) groups is 1. The molecule has 27 heavy (non-hydrogen) atoms. The minimum atomic E-state index is -3.50. The number of hydrogen-bond donors (Lipinski definition) is 2. The molecule has 0 saturated heterocycles. The molecule has 0 fully saturated rings. The predicted molar refractivity (Wildman–Crippen MR) is 111 cm³/mol. The minimum absolute atomic E-state index is 0.291. The average molecular weight is 410 g/mol. The van der Waals surface area contributed by atoms with E-state index in [1.165, 1.54) is 18.4 Å². The van der Waals surface area contributed by atoms with E-state index in [9.17, 15) is 8.42 Å². The molecule has 2 N–H and O–H groups in total. The number of hydrogen-bond acceptors (Lipinski definition) is 5. The Kier molecular flexibility index (Phi) is 7.34. The summed E-state index contributed by atoms with van der Waals surface area (Å²) in [6.07, 6.45) is 0. The highest BCUT2D eigenvalue weighted by atomic mass is 32.2. The lowest BCUT2D eigenvalue weighted by molar-refractivity contribution is 0.519. The fourth-order valence-corrected chi connectivity index (χ4v) is 4.34. The van der Waals surface area contributed by atoms with Gasteiger partial charge >= 0.3 is 0 Å². The summed E-state index contributed by atoms with van der Waals surface area (Å²) < 4.78 is 26.2. The molecule has 0 aliphatic rings. The van der Waals surface area contributed by atoms with Crippen molar-refractivity contribution in [3.05, 3.63) is 45.9 Å². The third kappa shape index (κ3) is 5.50. The normalized spacial score (nSPS) is 12.6. The summed E-state index contributed by atoms with van der Waals surface area (Å²) in [4.78, 5) is 9.08. The Bertz CT molecular complexity index is 889. The third-order valence-electron chi connectivity index (χ3n) is 3.97. The maximum Gasteiger partial charge on any atom is 0.242 e. The molecule has 7 nitrogen and oxygen atoms in total. The fraction of sp³-hybridized carbons (Fsp3) is 0.444. The van der Waals surface area contributed by atoms with Crippen molar-refractivity contribution >= 4 is 27.3 Å². The molecule has 0 bridgehead atoms. The van der Waals surface area contributed by atoms with E-state index < -0.39 is 10.0 Å². The molecule has 0 saturated carbocycles. The van der Waals surface area contributed by atoms with Crippen LogP contribution >= 0.6 is 11.3 Å². The van der Waals surface area contributed by atoms with E-state index in [0.717, 1.165) is 10.7 Å². The molecule has 0 radical (unpaired) electrons. The van der Waals surface area contributed by atoms with Gasteiger partial charge in [-0.25, -0.2) is 17.7 Å².